The lowest BCUT2D eigenvalue weighted by Crippen LogP contribution is -2.27. The van der Waals surface area contributed by atoms with Crippen LogP contribution in [0.2, 0.25) is 0 Å². The smallest absolute Gasteiger partial charge is 0.161 e. The molecule has 4 unspecified atom stereocenters. The van der Waals surface area contributed by atoms with Crippen molar-refractivity contribution in [3.8, 4) is 11.5 Å². The van der Waals surface area contributed by atoms with Gasteiger partial charge in [-0.2, -0.15) is 0 Å². The van der Waals surface area contributed by atoms with Crippen molar-refractivity contribution >= 4 is 0 Å². The van der Waals surface area contributed by atoms with E-state index in [1.54, 1.807) is 12.1 Å². The van der Waals surface area contributed by atoms with Crippen molar-refractivity contribution in [1.29, 1.82) is 0 Å². The van der Waals surface area contributed by atoms with Gasteiger partial charge in [-0.25, -0.2) is 0 Å². The minimum atomic E-state index is -0.434. The van der Waals surface area contributed by atoms with Gasteiger partial charge in [0.15, 0.2) is 12.6 Å². The Kier molecular flexibility index (Phi) is 15.3. The highest BCUT2D eigenvalue weighted by atomic mass is 16.8. The molecule has 5 heteroatoms. The molecule has 37 heavy (non-hydrogen) atoms. The predicted molar refractivity (Wildman–Crippen MR) is 150 cm³/mol. The van der Waals surface area contributed by atoms with Crippen molar-refractivity contribution < 1.29 is 24.4 Å². The fourth-order valence-corrected chi connectivity index (χ4v) is 4.72. The van der Waals surface area contributed by atoms with E-state index >= 15 is 0 Å². The zero-order chi connectivity index (χ0) is 26.9. The predicted octanol–water partition coefficient (Wildman–Crippen LogP) is 8.71. The number of rotatable bonds is 20. The first-order valence-corrected chi connectivity index (χ1v) is 14.3. The summed E-state index contributed by atoms with van der Waals surface area (Å²) in [4.78, 5) is 0. The minimum absolute atomic E-state index is 0.232. The monoisotopic (exact) mass is 514 g/mol. The molecule has 0 amide bonds. The van der Waals surface area contributed by atoms with Gasteiger partial charge in [-0.15, -0.1) is 0 Å². The van der Waals surface area contributed by atoms with Crippen molar-refractivity contribution in [3.05, 3.63) is 59.7 Å². The van der Waals surface area contributed by atoms with Gasteiger partial charge in [0.1, 0.15) is 11.5 Å². The molecule has 0 aliphatic carbocycles. The number of para-hydroxylation sites is 2. The van der Waals surface area contributed by atoms with E-state index in [0.717, 1.165) is 49.7 Å². The number of aromatic hydroxyl groups is 2. The van der Waals surface area contributed by atoms with Crippen LogP contribution in [-0.2, 0) is 27.4 Å². The molecule has 0 fully saturated rings. The largest absolute Gasteiger partial charge is 0.508 e. The Balaban J connectivity index is 2.05. The molecule has 2 aromatic rings. The van der Waals surface area contributed by atoms with Crippen LogP contribution in [0.25, 0.3) is 0 Å². The maximum Gasteiger partial charge on any atom is 0.161 e. The van der Waals surface area contributed by atoms with Crippen molar-refractivity contribution in [2.24, 2.45) is 11.8 Å². The molecule has 0 bridgehead atoms. The molecule has 2 aromatic carbocycles. The molecular weight excluding hydrogens is 464 g/mol. The van der Waals surface area contributed by atoms with Crippen molar-refractivity contribution in [2.75, 3.05) is 0 Å². The van der Waals surface area contributed by atoms with Crippen LogP contribution in [0.3, 0.4) is 0 Å². The fraction of sp³-hybridized carbons (Fsp3) is 0.625. The van der Waals surface area contributed by atoms with Crippen molar-refractivity contribution in [3.63, 3.8) is 0 Å². The topological polar surface area (TPSA) is 68.2 Å². The second-order valence-corrected chi connectivity index (χ2v) is 10.5. The molecule has 0 aliphatic heterocycles. The highest BCUT2D eigenvalue weighted by molar-refractivity contribution is 5.31. The number of hydrogen-bond donors (Lipinski definition) is 2. The Morgan fingerprint density at radius 3 is 1.38 bits per heavy atom. The van der Waals surface area contributed by atoms with E-state index < -0.39 is 12.6 Å². The van der Waals surface area contributed by atoms with E-state index in [1.807, 2.05) is 36.4 Å². The van der Waals surface area contributed by atoms with Crippen LogP contribution >= 0.6 is 0 Å². The lowest BCUT2D eigenvalue weighted by molar-refractivity contribution is -0.257. The second-order valence-electron chi connectivity index (χ2n) is 10.5. The third kappa shape index (κ3) is 12.8. The van der Waals surface area contributed by atoms with Gasteiger partial charge in [-0.3, -0.25) is 0 Å². The molecule has 0 aromatic heterocycles. The summed E-state index contributed by atoms with van der Waals surface area (Å²) in [5.74, 6) is 1.82. The average Bonchev–Trinajstić information content (AvgIpc) is 2.87. The molecule has 5 nitrogen and oxygen atoms in total. The Bertz CT molecular complexity index is 785. The Labute approximate surface area is 225 Å². The maximum atomic E-state index is 10.2. The number of phenols is 2. The van der Waals surface area contributed by atoms with E-state index in [0.29, 0.717) is 11.8 Å². The average molecular weight is 515 g/mol. The summed E-state index contributed by atoms with van der Waals surface area (Å²) in [7, 11) is 0. The van der Waals surface area contributed by atoms with Crippen LogP contribution in [0.15, 0.2) is 48.5 Å². The van der Waals surface area contributed by atoms with E-state index in [2.05, 4.69) is 27.7 Å². The number of ether oxygens (including phenoxy) is 3. The van der Waals surface area contributed by atoms with Crippen molar-refractivity contribution in [1.82, 2.24) is 0 Å². The van der Waals surface area contributed by atoms with Gasteiger partial charge in [0.25, 0.3) is 0 Å². The Morgan fingerprint density at radius 1 is 0.595 bits per heavy atom. The first-order chi connectivity index (χ1) is 17.9. The van der Waals surface area contributed by atoms with Gasteiger partial charge in [-0.1, -0.05) is 103 Å². The normalized spacial score (nSPS) is 14.8. The van der Waals surface area contributed by atoms with Crippen LogP contribution in [-0.4, -0.2) is 22.8 Å². The molecule has 2 N–H and O–H groups in total. The van der Waals surface area contributed by atoms with E-state index in [1.165, 1.54) is 25.7 Å². The molecule has 0 radical (unpaired) electrons. The molecular formula is C32H50O5. The maximum absolute atomic E-state index is 10.2. The first kappa shape index (κ1) is 31.1. The summed E-state index contributed by atoms with van der Waals surface area (Å²) >= 11 is 0. The summed E-state index contributed by atoms with van der Waals surface area (Å²) in [5.41, 5.74) is 1.49. The van der Waals surface area contributed by atoms with Crippen LogP contribution in [0.1, 0.15) is 103 Å². The molecule has 0 saturated heterocycles. The van der Waals surface area contributed by atoms with Gasteiger partial charge in [0, 0.05) is 11.1 Å². The van der Waals surface area contributed by atoms with E-state index in [4.69, 9.17) is 14.2 Å². The molecule has 0 saturated carbocycles. The van der Waals surface area contributed by atoms with E-state index in [9.17, 15) is 10.2 Å². The number of benzene rings is 2. The SMILES string of the molecule is CCCC(C)CCCC(OCc1ccccc1O)OC(CCCC(C)CCC)OCc1ccccc1O. The van der Waals surface area contributed by atoms with Crippen LogP contribution in [0, 0.1) is 11.8 Å². The summed E-state index contributed by atoms with van der Waals surface area (Å²) in [6, 6.07) is 14.5. The highest BCUT2D eigenvalue weighted by Gasteiger charge is 2.20. The first-order valence-electron chi connectivity index (χ1n) is 14.3. The molecule has 0 heterocycles. The quantitative estimate of drug-likeness (QED) is 0.173. The zero-order valence-corrected chi connectivity index (χ0v) is 23.5. The van der Waals surface area contributed by atoms with Gasteiger partial charge in [0.2, 0.25) is 0 Å². The summed E-state index contributed by atoms with van der Waals surface area (Å²) in [6.07, 6.45) is 9.79. The zero-order valence-electron chi connectivity index (χ0n) is 23.5. The summed E-state index contributed by atoms with van der Waals surface area (Å²) in [6.45, 7) is 9.62. The van der Waals surface area contributed by atoms with Crippen LogP contribution in [0.5, 0.6) is 11.5 Å². The Morgan fingerprint density at radius 2 is 1.00 bits per heavy atom. The standard InChI is InChI=1S/C32H50O5/c1-5-13-25(3)15-11-21-31(35-23-27-17-7-9-19-29(27)33)37-32(22-12-16-26(4)14-6-2)36-24-28-18-8-10-20-30(28)34/h7-10,17-20,25-26,31-34H,5-6,11-16,21-24H2,1-4H3. The third-order valence-corrected chi connectivity index (χ3v) is 6.97. The molecule has 208 valence electrons. The molecule has 0 spiro atoms. The number of phenolic OH excluding ortho intramolecular Hbond substituents is 2. The lowest BCUT2D eigenvalue weighted by Gasteiger charge is -2.26. The third-order valence-electron chi connectivity index (χ3n) is 6.97. The lowest BCUT2D eigenvalue weighted by atomic mass is 9.99. The van der Waals surface area contributed by atoms with Crippen LogP contribution < -0.4 is 0 Å². The van der Waals surface area contributed by atoms with Crippen LogP contribution in [0.4, 0.5) is 0 Å². The Hall–Kier alpha value is -2.08. The second kappa shape index (κ2) is 18.2. The van der Waals surface area contributed by atoms with Gasteiger partial charge < -0.3 is 24.4 Å². The minimum Gasteiger partial charge on any atom is -0.508 e. The summed E-state index contributed by atoms with van der Waals surface area (Å²) in [5, 5.41) is 20.4. The summed E-state index contributed by atoms with van der Waals surface area (Å²) < 4.78 is 18.9. The van der Waals surface area contributed by atoms with Gasteiger partial charge in [0.05, 0.1) is 13.2 Å². The molecule has 0 aliphatic rings. The fourth-order valence-electron chi connectivity index (χ4n) is 4.72. The molecule has 4 atom stereocenters. The van der Waals surface area contributed by atoms with E-state index in [-0.39, 0.29) is 24.7 Å². The number of hydrogen-bond acceptors (Lipinski definition) is 5. The van der Waals surface area contributed by atoms with Gasteiger partial charge >= 0.3 is 0 Å². The van der Waals surface area contributed by atoms with Gasteiger partial charge in [-0.05, 0) is 49.7 Å². The molecule has 2 rings (SSSR count). The van der Waals surface area contributed by atoms with Crippen molar-refractivity contribution in [2.45, 2.75) is 118 Å². The highest BCUT2D eigenvalue weighted by Crippen LogP contribution is 2.25.